The molecule has 0 bridgehead atoms. The van der Waals surface area contributed by atoms with E-state index in [0.29, 0.717) is 21.8 Å². The molecule has 1 aliphatic heterocycles. The second-order valence-electron chi connectivity index (χ2n) is 9.11. The first-order chi connectivity index (χ1) is 17.9. The van der Waals surface area contributed by atoms with Gasteiger partial charge in [0, 0.05) is 28.3 Å². The van der Waals surface area contributed by atoms with E-state index >= 15 is 4.39 Å². The predicted octanol–water partition coefficient (Wildman–Crippen LogP) is 3.50. The minimum Gasteiger partial charge on any atom is -0.384 e. The molecule has 0 saturated heterocycles. The maximum atomic E-state index is 15.1. The number of nitrogens with two attached hydrogens (primary N) is 1. The minimum atomic E-state index is -0.863. The van der Waals surface area contributed by atoms with Gasteiger partial charge in [-0.3, -0.25) is 4.79 Å². The summed E-state index contributed by atoms with van der Waals surface area (Å²) in [5.74, 6) is -1.57. The summed E-state index contributed by atoms with van der Waals surface area (Å²) in [6, 6.07) is 10.8. The molecule has 2 aliphatic rings. The summed E-state index contributed by atoms with van der Waals surface area (Å²) in [5.41, 5.74) is 8.11. The van der Waals surface area contributed by atoms with E-state index in [1.165, 1.54) is 29.2 Å². The molecule has 1 fully saturated rings. The zero-order chi connectivity index (χ0) is 25.4. The van der Waals surface area contributed by atoms with Crippen LogP contribution in [0, 0.1) is 17.8 Å². The van der Waals surface area contributed by atoms with Gasteiger partial charge in [0.15, 0.2) is 0 Å². The molecular weight excluding hydrogens is 504 g/mol. The van der Waals surface area contributed by atoms with E-state index in [-0.39, 0.29) is 40.3 Å². The van der Waals surface area contributed by atoms with E-state index < -0.39 is 17.9 Å². The Morgan fingerprint density at radius 1 is 1.05 bits per heavy atom. The molecule has 10 nitrogen and oxygen atoms in total. The van der Waals surface area contributed by atoms with E-state index in [2.05, 4.69) is 30.5 Å². The van der Waals surface area contributed by atoms with Crippen LogP contribution in [0.2, 0.25) is 5.02 Å². The van der Waals surface area contributed by atoms with Crippen molar-refractivity contribution in [2.24, 2.45) is 5.92 Å². The molecule has 0 amide bonds. The Hall–Kier alpha value is -4.45. The van der Waals surface area contributed by atoms with Crippen LogP contribution in [-0.4, -0.2) is 39.7 Å². The molecule has 1 aliphatic carbocycles. The van der Waals surface area contributed by atoms with Crippen LogP contribution in [0.3, 0.4) is 0 Å². The van der Waals surface area contributed by atoms with Gasteiger partial charge in [0.05, 0.1) is 23.0 Å². The fourth-order valence-electron chi connectivity index (χ4n) is 5.30. The van der Waals surface area contributed by atoms with Gasteiger partial charge in [0.25, 0.3) is 5.56 Å². The number of imidazole rings is 1. The maximum absolute atomic E-state index is 15.1. The van der Waals surface area contributed by atoms with Crippen LogP contribution in [0.1, 0.15) is 29.8 Å². The lowest BCUT2D eigenvalue weighted by Crippen LogP contribution is -2.26. The van der Waals surface area contributed by atoms with Gasteiger partial charge in [-0.25, -0.2) is 4.98 Å². The molecule has 3 atom stereocenters. The molecule has 4 aromatic heterocycles. The molecule has 0 unspecified atom stereocenters. The van der Waals surface area contributed by atoms with Crippen molar-refractivity contribution < 1.29 is 8.78 Å². The standard InChI is InChI=1S/C24H16ClF2N9O/c25-11-1-3-16(35-9-29-33-34-35)13(7-11)10-5-17-14-8-15(14)21(36(17)19(37)6-10)20-23(27)32-24(31-20)12-2-4-18(28)30-22(12)26/h1-7,9,14-15,21H,8H2,(H2,28,30)(H,31,32)/t14-,15+,21+/m1/s1. The van der Waals surface area contributed by atoms with Gasteiger partial charge in [0.1, 0.15) is 18.0 Å². The second kappa shape index (κ2) is 7.77. The molecule has 5 heterocycles. The average molecular weight is 520 g/mol. The fraction of sp³-hybridized carbons (Fsp3) is 0.167. The Morgan fingerprint density at radius 2 is 1.92 bits per heavy atom. The van der Waals surface area contributed by atoms with Crippen LogP contribution in [0.25, 0.3) is 28.2 Å². The third kappa shape index (κ3) is 3.36. The number of fused-ring (bicyclic) bond motifs is 3. The second-order valence-corrected chi connectivity index (χ2v) is 9.54. The quantitative estimate of drug-likeness (QED) is 0.347. The third-order valence-corrected chi connectivity index (χ3v) is 7.21. The minimum absolute atomic E-state index is 0.00402. The predicted molar refractivity (Wildman–Crippen MR) is 129 cm³/mol. The summed E-state index contributed by atoms with van der Waals surface area (Å²) >= 11 is 6.28. The summed E-state index contributed by atoms with van der Waals surface area (Å²) in [6.07, 6.45) is 2.24. The molecule has 37 heavy (non-hydrogen) atoms. The smallest absolute Gasteiger partial charge is 0.251 e. The van der Waals surface area contributed by atoms with Crippen molar-refractivity contribution >= 4 is 17.4 Å². The van der Waals surface area contributed by atoms with E-state index in [1.54, 1.807) is 22.8 Å². The molecular formula is C24H16ClF2N9O. The molecule has 0 radical (unpaired) electrons. The monoisotopic (exact) mass is 519 g/mol. The van der Waals surface area contributed by atoms with Crippen LogP contribution >= 0.6 is 11.6 Å². The van der Waals surface area contributed by atoms with Gasteiger partial charge >= 0.3 is 0 Å². The first kappa shape index (κ1) is 21.8. The fourth-order valence-corrected chi connectivity index (χ4v) is 5.47. The van der Waals surface area contributed by atoms with E-state index in [0.717, 1.165) is 12.1 Å². The highest BCUT2D eigenvalue weighted by atomic mass is 35.5. The van der Waals surface area contributed by atoms with Gasteiger partial charge in [0.2, 0.25) is 11.9 Å². The van der Waals surface area contributed by atoms with Gasteiger partial charge < -0.3 is 15.3 Å². The number of hydrogen-bond acceptors (Lipinski definition) is 7. The number of nitrogen functional groups attached to an aromatic ring is 1. The van der Waals surface area contributed by atoms with Crippen LogP contribution in [0.5, 0.6) is 0 Å². The number of hydrogen-bond donors (Lipinski definition) is 2. The van der Waals surface area contributed by atoms with Crippen LogP contribution < -0.4 is 11.3 Å². The number of halogens is 3. The first-order valence-electron chi connectivity index (χ1n) is 11.4. The SMILES string of the molecule is Nc1ccc(-c2nc(F)c([C@@H]3[C@H]4C[C@H]4c4cc(-c5cc(Cl)ccc5-n5cnnn5)cc(=O)n43)[nH]2)c(F)n1. The van der Waals surface area contributed by atoms with Crippen molar-refractivity contribution in [3.63, 3.8) is 0 Å². The van der Waals surface area contributed by atoms with Crippen molar-refractivity contribution in [1.29, 1.82) is 0 Å². The number of aromatic nitrogens is 8. The molecule has 1 aromatic carbocycles. The Morgan fingerprint density at radius 3 is 2.70 bits per heavy atom. The number of nitrogens with zero attached hydrogens (tertiary/aromatic N) is 7. The van der Waals surface area contributed by atoms with Gasteiger partial charge in [-0.2, -0.15) is 18.4 Å². The van der Waals surface area contributed by atoms with Crippen LogP contribution in [-0.2, 0) is 0 Å². The summed E-state index contributed by atoms with van der Waals surface area (Å²) < 4.78 is 32.5. The zero-order valence-electron chi connectivity index (χ0n) is 18.8. The third-order valence-electron chi connectivity index (χ3n) is 6.97. The Bertz CT molecular complexity index is 1760. The topological polar surface area (TPSA) is 133 Å². The zero-order valence-corrected chi connectivity index (χ0v) is 19.6. The van der Waals surface area contributed by atoms with E-state index in [1.807, 2.05) is 6.07 Å². The molecule has 184 valence electrons. The van der Waals surface area contributed by atoms with E-state index in [4.69, 9.17) is 17.3 Å². The Balaban J connectivity index is 1.33. The van der Waals surface area contributed by atoms with E-state index in [9.17, 15) is 9.18 Å². The number of anilines is 1. The number of tetrazole rings is 1. The molecule has 3 N–H and O–H groups in total. The number of pyridine rings is 2. The van der Waals surface area contributed by atoms with Gasteiger partial charge in [-0.05, 0) is 64.7 Å². The average Bonchev–Trinajstić information content (AvgIpc) is 3.16. The maximum Gasteiger partial charge on any atom is 0.251 e. The highest BCUT2D eigenvalue weighted by molar-refractivity contribution is 6.31. The summed E-state index contributed by atoms with van der Waals surface area (Å²) in [6.45, 7) is 0. The number of nitrogens with one attached hydrogen (secondary N) is 1. The summed E-state index contributed by atoms with van der Waals surface area (Å²) in [5, 5.41) is 11.8. The number of benzene rings is 1. The Kier molecular flexibility index (Phi) is 4.58. The van der Waals surface area contributed by atoms with Crippen molar-refractivity contribution in [1.82, 2.24) is 39.7 Å². The lowest BCUT2D eigenvalue weighted by molar-refractivity contribution is 0.482. The Labute approximate surface area is 211 Å². The molecule has 13 heteroatoms. The lowest BCUT2D eigenvalue weighted by atomic mass is 10.0. The molecule has 1 saturated carbocycles. The van der Waals surface area contributed by atoms with Crippen molar-refractivity contribution in [3.05, 3.63) is 87.5 Å². The van der Waals surface area contributed by atoms with Crippen molar-refractivity contribution in [2.45, 2.75) is 18.4 Å². The molecule has 5 aromatic rings. The molecule has 7 rings (SSSR count). The van der Waals surface area contributed by atoms with Crippen LogP contribution in [0.15, 0.2) is 53.6 Å². The highest BCUT2D eigenvalue weighted by Gasteiger charge is 2.54. The van der Waals surface area contributed by atoms with Crippen molar-refractivity contribution in [2.75, 3.05) is 5.73 Å². The van der Waals surface area contributed by atoms with Crippen LogP contribution in [0.4, 0.5) is 14.6 Å². The van der Waals surface area contributed by atoms with Gasteiger partial charge in [-0.1, -0.05) is 11.6 Å². The lowest BCUT2D eigenvalue weighted by Gasteiger charge is -2.18. The summed E-state index contributed by atoms with van der Waals surface area (Å²) in [4.78, 5) is 23.8. The largest absolute Gasteiger partial charge is 0.384 e. The van der Waals surface area contributed by atoms with Crippen molar-refractivity contribution in [3.8, 4) is 28.2 Å². The summed E-state index contributed by atoms with van der Waals surface area (Å²) in [7, 11) is 0. The normalized spacial score (nSPS) is 19.6. The number of H-pyrrole nitrogens is 1. The number of aromatic amines is 1. The molecule has 0 spiro atoms. The first-order valence-corrected chi connectivity index (χ1v) is 11.7. The highest BCUT2D eigenvalue weighted by Crippen LogP contribution is 2.61. The van der Waals surface area contributed by atoms with Gasteiger partial charge in [-0.15, -0.1) is 5.10 Å². The number of rotatable bonds is 4.